The molecule has 4 N–H and O–H groups in total. The maximum absolute atomic E-state index is 11.5. The van der Waals surface area contributed by atoms with Crippen molar-refractivity contribution in [2.45, 2.75) is 26.3 Å². The van der Waals surface area contributed by atoms with Crippen LogP contribution in [0, 0.1) is 6.92 Å². The summed E-state index contributed by atoms with van der Waals surface area (Å²) < 4.78 is 24.7. The monoisotopic (exact) mass is 285 g/mol. The van der Waals surface area contributed by atoms with E-state index in [0.717, 1.165) is 11.8 Å². The van der Waals surface area contributed by atoms with Crippen LogP contribution < -0.4 is 15.8 Å². The molecule has 0 aliphatic carbocycles. The smallest absolute Gasteiger partial charge is 0.229 e. The van der Waals surface area contributed by atoms with Crippen molar-refractivity contribution in [1.82, 2.24) is 0 Å². The van der Waals surface area contributed by atoms with Gasteiger partial charge in [0.25, 0.3) is 0 Å². The number of nitrogens with one attached hydrogen (secondary N) is 2. The summed E-state index contributed by atoms with van der Waals surface area (Å²) >= 11 is 0. The number of amides is 1. The molecule has 1 rings (SSSR count). The van der Waals surface area contributed by atoms with Gasteiger partial charge in [0.2, 0.25) is 15.9 Å². The minimum atomic E-state index is -3.31. The second kappa shape index (κ2) is 6.03. The van der Waals surface area contributed by atoms with Crippen molar-refractivity contribution in [2.24, 2.45) is 5.73 Å². The lowest BCUT2D eigenvalue weighted by Crippen LogP contribution is -2.24. The molecule has 19 heavy (non-hydrogen) atoms. The minimum absolute atomic E-state index is 0.168. The number of nitrogens with two attached hydrogens (primary N) is 1. The van der Waals surface area contributed by atoms with Gasteiger partial charge in [-0.15, -0.1) is 0 Å². The van der Waals surface area contributed by atoms with E-state index in [4.69, 9.17) is 5.73 Å². The Labute approximate surface area is 113 Å². The fourth-order valence-electron chi connectivity index (χ4n) is 1.56. The van der Waals surface area contributed by atoms with Gasteiger partial charge in [-0.05, 0) is 37.6 Å². The van der Waals surface area contributed by atoms with Crippen LogP contribution in [0.4, 0.5) is 11.4 Å². The van der Waals surface area contributed by atoms with Gasteiger partial charge in [0.15, 0.2) is 0 Å². The number of carbonyl (C=O) groups excluding carboxylic acids is 1. The maximum Gasteiger partial charge on any atom is 0.229 e. The maximum atomic E-state index is 11.5. The zero-order chi connectivity index (χ0) is 14.6. The Morgan fingerprint density at radius 1 is 1.42 bits per heavy atom. The Morgan fingerprint density at radius 3 is 2.53 bits per heavy atom. The Kier molecular flexibility index (Phi) is 4.90. The molecule has 1 aromatic rings. The summed E-state index contributed by atoms with van der Waals surface area (Å²) in [7, 11) is -3.31. The van der Waals surface area contributed by atoms with E-state index in [1.165, 1.54) is 0 Å². The van der Waals surface area contributed by atoms with Gasteiger partial charge in [-0.1, -0.05) is 0 Å². The molecule has 0 saturated carbocycles. The number of rotatable bonds is 5. The highest BCUT2D eigenvalue weighted by Gasteiger charge is 2.08. The van der Waals surface area contributed by atoms with E-state index < -0.39 is 10.0 Å². The highest BCUT2D eigenvalue weighted by atomic mass is 32.2. The Morgan fingerprint density at radius 2 is 2.05 bits per heavy atom. The summed E-state index contributed by atoms with van der Waals surface area (Å²) in [4.78, 5) is 11.5. The molecule has 6 nitrogen and oxygen atoms in total. The molecule has 0 bridgehead atoms. The molecule has 0 spiro atoms. The number of hydrogen-bond acceptors (Lipinski definition) is 4. The Balaban J connectivity index is 2.80. The topological polar surface area (TPSA) is 101 Å². The van der Waals surface area contributed by atoms with E-state index in [0.29, 0.717) is 11.4 Å². The quantitative estimate of drug-likeness (QED) is 0.752. The number of aryl methyl sites for hydroxylation is 1. The molecule has 0 aliphatic rings. The van der Waals surface area contributed by atoms with Crippen molar-refractivity contribution >= 4 is 27.3 Å². The average Bonchev–Trinajstić information content (AvgIpc) is 2.19. The lowest BCUT2D eigenvalue weighted by atomic mass is 10.1. The van der Waals surface area contributed by atoms with Crippen LogP contribution in [-0.2, 0) is 14.8 Å². The van der Waals surface area contributed by atoms with E-state index in [1.54, 1.807) is 32.0 Å². The van der Waals surface area contributed by atoms with Crippen molar-refractivity contribution in [3.05, 3.63) is 23.8 Å². The van der Waals surface area contributed by atoms with E-state index >= 15 is 0 Å². The summed E-state index contributed by atoms with van der Waals surface area (Å²) in [6.45, 7) is 3.51. The van der Waals surface area contributed by atoms with E-state index in [9.17, 15) is 13.2 Å². The van der Waals surface area contributed by atoms with Gasteiger partial charge in [-0.25, -0.2) is 8.42 Å². The lowest BCUT2D eigenvalue weighted by Gasteiger charge is -2.11. The molecule has 7 heteroatoms. The first-order valence-corrected chi connectivity index (χ1v) is 7.70. The first-order chi connectivity index (χ1) is 8.67. The fraction of sp³-hybridized carbons (Fsp3) is 0.417. The SMILES string of the molecule is Cc1cc(NC(=O)CC(C)N)ccc1NS(C)(=O)=O. The zero-order valence-electron chi connectivity index (χ0n) is 11.2. The van der Waals surface area contributed by atoms with Crippen LogP contribution in [0.25, 0.3) is 0 Å². The zero-order valence-corrected chi connectivity index (χ0v) is 12.0. The second-order valence-corrected chi connectivity index (χ2v) is 6.38. The molecule has 1 atom stereocenters. The Hall–Kier alpha value is -1.60. The van der Waals surface area contributed by atoms with Gasteiger partial charge in [-0.2, -0.15) is 0 Å². The third-order valence-corrected chi connectivity index (χ3v) is 2.90. The molecular formula is C12H19N3O3S. The highest BCUT2D eigenvalue weighted by molar-refractivity contribution is 7.92. The average molecular weight is 285 g/mol. The van der Waals surface area contributed by atoms with Crippen LogP contribution in [0.2, 0.25) is 0 Å². The molecule has 0 aliphatic heterocycles. The van der Waals surface area contributed by atoms with Crippen molar-refractivity contribution in [1.29, 1.82) is 0 Å². The minimum Gasteiger partial charge on any atom is -0.327 e. The first-order valence-electron chi connectivity index (χ1n) is 5.81. The van der Waals surface area contributed by atoms with Gasteiger partial charge in [0.1, 0.15) is 0 Å². The normalized spacial score (nSPS) is 12.8. The summed E-state index contributed by atoms with van der Waals surface area (Å²) in [6, 6.07) is 4.75. The van der Waals surface area contributed by atoms with Crippen LogP contribution in [-0.4, -0.2) is 26.6 Å². The summed E-state index contributed by atoms with van der Waals surface area (Å²) in [6.07, 6.45) is 1.33. The highest BCUT2D eigenvalue weighted by Crippen LogP contribution is 2.20. The number of sulfonamides is 1. The number of anilines is 2. The third-order valence-electron chi connectivity index (χ3n) is 2.31. The predicted octanol–water partition coefficient (Wildman–Crippen LogP) is 1.04. The standard InChI is InChI=1S/C12H19N3O3S/c1-8-6-10(14-12(16)7-9(2)13)4-5-11(8)15-19(3,17)18/h4-6,9,15H,7,13H2,1-3H3,(H,14,16). The fourth-order valence-corrected chi connectivity index (χ4v) is 2.19. The molecule has 0 radical (unpaired) electrons. The molecule has 0 saturated heterocycles. The summed E-state index contributed by atoms with van der Waals surface area (Å²) in [5, 5.41) is 2.71. The van der Waals surface area contributed by atoms with Gasteiger partial charge >= 0.3 is 0 Å². The van der Waals surface area contributed by atoms with Crippen LogP contribution in [0.15, 0.2) is 18.2 Å². The van der Waals surface area contributed by atoms with Gasteiger partial charge in [0.05, 0.1) is 11.9 Å². The number of carbonyl (C=O) groups is 1. The molecule has 0 aromatic heterocycles. The van der Waals surface area contributed by atoms with Crippen molar-refractivity contribution in [3.63, 3.8) is 0 Å². The molecule has 1 amide bonds. The van der Waals surface area contributed by atoms with E-state index in [1.807, 2.05) is 0 Å². The molecule has 1 aromatic carbocycles. The van der Waals surface area contributed by atoms with Crippen LogP contribution in [0.3, 0.4) is 0 Å². The summed E-state index contributed by atoms with van der Waals surface area (Å²) in [5.41, 5.74) is 7.37. The Bertz CT molecular complexity index is 568. The first kappa shape index (κ1) is 15.5. The van der Waals surface area contributed by atoms with Gasteiger partial charge in [0, 0.05) is 18.2 Å². The third kappa shape index (κ3) is 5.71. The largest absolute Gasteiger partial charge is 0.327 e. The number of benzene rings is 1. The lowest BCUT2D eigenvalue weighted by molar-refractivity contribution is -0.116. The summed E-state index contributed by atoms with van der Waals surface area (Å²) in [5.74, 6) is -0.168. The molecule has 106 valence electrons. The van der Waals surface area contributed by atoms with Crippen molar-refractivity contribution in [2.75, 3.05) is 16.3 Å². The van der Waals surface area contributed by atoms with Crippen LogP contribution in [0.1, 0.15) is 18.9 Å². The second-order valence-electron chi connectivity index (χ2n) is 4.63. The van der Waals surface area contributed by atoms with E-state index in [2.05, 4.69) is 10.0 Å². The van der Waals surface area contributed by atoms with E-state index in [-0.39, 0.29) is 18.4 Å². The van der Waals surface area contributed by atoms with Crippen molar-refractivity contribution < 1.29 is 13.2 Å². The molecule has 0 fully saturated rings. The van der Waals surface area contributed by atoms with Crippen LogP contribution >= 0.6 is 0 Å². The predicted molar refractivity (Wildman–Crippen MR) is 76.5 cm³/mol. The van der Waals surface area contributed by atoms with Crippen molar-refractivity contribution in [3.8, 4) is 0 Å². The molecule has 0 heterocycles. The van der Waals surface area contributed by atoms with Gasteiger partial charge in [-0.3, -0.25) is 9.52 Å². The molecule has 1 unspecified atom stereocenters. The number of hydrogen-bond donors (Lipinski definition) is 3. The van der Waals surface area contributed by atoms with Crippen LogP contribution in [0.5, 0.6) is 0 Å². The molecular weight excluding hydrogens is 266 g/mol. The van der Waals surface area contributed by atoms with Gasteiger partial charge < -0.3 is 11.1 Å².